The minimum absolute atomic E-state index is 0.0480. The van der Waals surface area contributed by atoms with Crippen molar-refractivity contribution >= 4 is 11.6 Å². The molecular weight excluding hydrogens is 226 g/mol. The molecule has 0 N–H and O–H groups in total. The first kappa shape index (κ1) is 10.8. The first-order valence-electron chi connectivity index (χ1n) is 5.82. The van der Waals surface area contributed by atoms with Crippen LogP contribution in [0.5, 0.6) is 11.5 Å². The van der Waals surface area contributed by atoms with Crippen molar-refractivity contribution in [2.24, 2.45) is 0 Å². The Hall–Kier alpha value is -2.29. The minimum Gasteiger partial charge on any atom is -0.454 e. The first-order valence-corrected chi connectivity index (χ1v) is 5.82. The fourth-order valence-electron chi connectivity index (χ4n) is 2.12. The van der Waals surface area contributed by atoms with E-state index in [0.29, 0.717) is 11.3 Å². The number of rotatable bonds is 0. The second kappa shape index (κ2) is 3.88. The highest BCUT2D eigenvalue weighted by molar-refractivity contribution is 6.09. The van der Waals surface area contributed by atoms with Gasteiger partial charge in [-0.1, -0.05) is 18.2 Å². The van der Waals surface area contributed by atoms with Crippen molar-refractivity contribution in [3.05, 3.63) is 53.6 Å². The topological polar surface area (TPSA) is 29.5 Å². The fraction of sp³-hybridized carbons (Fsp3) is 0.133. The molecule has 0 saturated heterocycles. The molecule has 0 saturated carbocycles. The van der Waals surface area contributed by atoms with Crippen molar-refractivity contribution in [3.63, 3.8) is 0 Å². The van der Waals surface area contributed by atoms with E-state index in [4.69, 9.17) is 4.74 Å². The van der Waals surface area contributed by atoms with Crippen LogP contribution < -0.4 is 9.64 Å². The normalized spacial score (nSPS) is 13.4. The van der Waals surface area contributed by atoms with Crippen LogP contribution in [-0.2, 0) is 0 Å². The van der Waals surface area contributed by atoms with Crippen LogP contribution in [0.1, 0.15) is 15.9 Å². The molecule has 1 aliphatic heterocycles. The molecule has 0 bridgehead atoms. The highest BCUT2D eigenvalue weighted by Gasteiger charge is 2.24. The number of hydrogen-bond donors (Lipinski definition) is 0. The lowest BCUT2D eigenvalue weighted by Gasteiger charge is -2.16. The van der Waals surface area contributed by atoms with Gasteiger partial charge < -0.3 is 9.64 Å². The maximum Gasteiger partial charge on any atom is 0.261 e. The van der Waals surface area contributed by atoms with E-state index in [2.05, 4.69) is 0 Å². The number of fused-ring (bicyclic) bond motifs is 2. The number of carbonyl (C=O) groups is 1. The van der Waals surface area contributed by atoms with E-state index in [0.717, 1.165) is 17.0 Å². The van der Waals surface area contributed by atoms with E-state index in [9.17, 15) is 4.79 Å². The molecule has 3 heteroatoms. The summed E-state index contributed by atoms with van der Waals surface area (Å²) < 4.78 is 5.86. The number of anilines is 1. The average Bonchev–Trinajstić information content (AvgIpc) is 2.47. The molecular formula is C15H13NO2. The standard InChI is InChI=1S/C15H13NO2/c1-10-7-8-12-14(9-10)18-13-6-4-3-5-11(13)15(17)16(12)2/h3-9H,1-2H3. The summed E-state index contributed by atoms with van der Waals surface area (Å²) in [5, 5.41) is 0. The third-order valence-electron chi connectivity index (χ3n) is 3.12. The van der Waals surface area contributed by atoms with Crippen LogP contribution in [0.25, 0.3) is 0 Å². The Kier molecular flexibility index (Phi) is 2.33. The zero-order valence-electron chi connectivity index (χ0n) is 10.3. The summed E-state index contributed by atoms with van der Waals surface area (Å²) in [6.07, 6.45) is 0. The van der Waals surface area contributed by atoms with Crippen LogP contribution in [0.3, 0.4) is 0 Å². The van der Waals surface area contributed by atoms with Crippen LogP contribution >= 0.6 is 0 Å². The van der Waals surface area contributed by atoms with Gasteiger partial charge in [0, 0.05) is 7.05 Å². The summed E-state index contributed by atoms with van der Waals surface area (Å²) in [4.78, 5) is 14.0. The lowest BCUT2D eigenvalue weighted by Crippen LogP contribution is -2.25. The second-order valence-electron chi connectivity index (χ2n) is 4.43. The molecule has 0 radical (unpaired) electrons. The van der Waals surface area contributed by atoms with Crippen LogP contribution in [0.2, 0.25) is 0 Å². The van der Waals surface area contributed by atoms with Crippen molar-refractivity contribution < 1.29 is 9.53 Å². The number of carbonyl (C=O) groups excluding carboxylic acids is 1. The van der Waals surface area contributed by atoms with Crippen LogP contribution in [0, 0.1) is 6.92 Å². The molecule has 0 atom stereocenters. The lowest BCUT2D eigenvalue weighted by molar-refractivity contribution is 0.0993. The van der Waals surface area contributed by atoms with Crippen molar-refractivity contribution in [1.82, 2.24) is 0 Å². The maximum absolute atomic E-state index is 12.3. The quantitative estimate of drug-likeness (QED) is 0.705. The van der Waals surface area contributed by atoms with E-state index >= 15 is 0 Å². The Bertz CT molecular complexity index is 634. The van der Waals surface area contributed by atoms with Crippen molar-refractivity contribution in [2.75, 3.05) is 11.9 Å². The van der Waals surface area contributed by atoms with Gasteiger partial charge in [-0.2, -0.15) is 0 Å². The first-order chi connectivity index (χ1) is 8.66. The van der Waals surface area contributed by atoms with Crippen LogP contribution in [0.4, 0.5) is 5.69 Å². The Morgan fingerprint density at radius 3 is 2.67 bits per heavy atom. The summed E-state index contributed by atoms with van der Waals surface area (Å²) >= 11 is 0. The van der Waals surface area contributed by atoms with Crippen molar-refractivity contribution in [2.45, 2.75) is 6.92 Å². The van der Waals surface area contributed by atoms with Gasteiger partial charge in [-0.3, -0.25) is 4.79 Å². The average molecular weight is 239 g/mol. The number of ether oxygens (including phenoxy) is 1. The van der Waals surface area contributed by atoms with Gasteiger partial charge in [-0.25, -0.2) is 0 Å². The zero-order chi connectivity index (χ0) is 12.7. The van der Waals surface area contributed by atoms with Crippen molar-refractivity contribution in [3.8, 4) is 11.5 Å². The summed E-state index contributed by atoms with van der Waals surface area (Å²) in [6.45, 7) is 2.00. The van der Waals surface area contributed by atoms with E-state index in [1.165, 1.54) is 0 Å². The van der Waals surface area contributed by atoms with E-state index in [-0.39, 0.29) is 5.91 Å². The number of nitrogens with zero attached hydrogens (tertiary/aromatic N) is 1. The zero-order valence-corrected chi connectivity index (χ0v) is 10.3. The monoisotopic (exact) mass is 239 g/mol. The number of para-hydroxylation sites is 1. The minimum atomic E-state index is -0.0480. The van der Waals surface area contributed by atoms with Gasteiger partial charge in [-0.05, 0) is 36.8 Å². The predicted molar refractivity (Wildman–Crippen MR) is 70.4 cm³/mol. The van der Waals surface area contributed by atoms with Gasteiger partial charge in [0.15, 0.2) is 5.75 Å². The molecule has 0 spiro atoms. The lowest BCUT2D eigenvalue weighted by atomic mass is 10.1. The van der Waals surface area contributed by atoms with Crippen LogP contribution in [-0.4, -0.2) is 13.0 Å². The Balaban J connectivity index is 2.24. The molecule has 18 heavy (non-hydrogen) atoms. The summed E-state index contributed by atoms with van der Waals surface area (Å²) in [6, 6.07) is 13.1. The van der Waals surface area contributed by atoms with Gasteiger partial charge in [0.2, 0.25) is 0 Å². The SMILES string of the molecule is Cc1ccc2c(c1)Oc1ccccc1C(=O)N2C. The Morgan fingerprint density at radius 1 is 1.06 bits per heavy atom. The predicted octanol–water partition coefficient (Wildman–Crippen LogP) is 3.38. The molecule has 1 amide bonds. The molecule has 0 unspecified atom stereocenters. The molecule has 0 aromatic heterocycles. The molecule has 0 aliphatic carbocycles. The molecule has 2 aromatic rings. The fourth-order valence-corrected chi connectivity index (χ4v) is 2.12. The second-order valence-corrected chi connectivity index (χ2v) is 4.43. The van der Waals surface area contributed by atoms with E-state index < -0.39 is 0 Å². The third kappa shape index (κ3) is 1.56. The molecule has 0 fully saturated rings. The molecule has 90 valence electrons. The van der Waals surface area contributed by atoms with Gasteiger partial charge in [-0.15, -0.1) is 0 Å². The summed E-state index contributed by atoms with van der Waals surface area (Å²) in [5.74, 6) is 1.28. The van der Waals surface area contributed by atoms with Gasteiger partial charge in [0.1, 0.15) is 5.75 Å². The van der Waals surface area contributed by atoms with Crippen LogP contribution in [0.15, 0.2) is 42.5 Å². The third-order valence-corrected chi connectivity index (χ3v) is 3.12. The maximum atomic E-state index is 12.3. The van der Waals surface area contributed by atoms with E-state index in [1.54, 1.807) is 18.0 Å². The summed E-state index contributed by atoms with van der Waals surface area (Å²) in [5.41, 5.74) is 2.49. The van der Waals surface area contributed by atoms with Gasteiger partial charge >= 0.3 is 0 Å². The number of amides is 1. The summed E-state index contributed by atoms with van der Waals surface area (Å²) in [7, 11) is 1.77. The Morgan fingerprint density at radius 2 is 1.83 bits per heavy atom. The molecule has 3 rings (SSSR count). The number of hydrogen-bond acceptors (Lipinski definition) is 2. The van der Waals surface area contributed by atoms with Crippen molar-refractivity contribution in [1.29, 1.82) is 0 Å². The smallest absolute Gasteiger partial charge is 0.261 e. The molecule has 1 aliphatic rings. The number of benzene rings is 2. The highest BCUT2D eigenvalue weighted by Crippen LogP contribution is 2.38. The highest BCUT2D eigenvalue weighted by atomic mass is 16.5. The largest absolute Gasteiger partial charge is 0.454 e. The van der Waals surface area contributed by atoms with Gasteiger partial charge in [0.05, 0.1) is 11.3 Å². The molecule has 3 nitrogen and oxygen atoms in total. The Labute approximate surface area is 106 Å². The number of aryl methyl sites for hydroxylation is 1. The molecule has 1 heterocycles. The van der Waals surface area contributed by atoms with Gasteiger partial charge in [0.25, 0.3) is 5.91 Å². The molecule has 2 aromatic carbocycles. The van der Waals surface area contributed by atoms with E-state index in [1.807, 2.05) is 43.3 Å².